The summed E-state index contributed by atoms with van der Waals surface area (Å²) in [5.74, 6) is -0.541. The number of carbonyl (C=O) groups is 2. The molecule has 0 bridgehead atoms. The lowest BCUT2D eigenvalue weighted by atomic mass is 10.1. The molecule has 0 aliphatic carbocycles. The number of carbonyl (C=O) groups excluding carboxylic acids is 2. The van der Waals surface area contributed by atoms with E-state index in [0.29, 0.717) is 5.56 Å². The summed E-state index contributed by atoms with van der Waals surface area (Å²) in [7, 11) is 0. The van der Waals surface area contributed by atoms with Crippen LogP contribution in [0.4, 0.5) is 0 Å². The average molecular weight is 327 g/mol. The molecule has 0 fully saturated rings. The third-order valence-corrected chi connectivity index (χ3v) is 3.15. The molecule has 0 radical (unpaired) electrons. The van der Waals surface area contributed by atoms with Crippen LogP contribution in [0.2, 0.25) is 0 Å². The van der Waals surface area contributed by atoms with Gasteiger partial charge in [0, 0.05) is 36.0 Å². The molecule has 3 N–H and O–H groups in total. The topological polar surface area (TPSA) is 91.1 Å². The Morgan fingerprint density at radius 2 is 1.83 bits per heavy atom. The maximum Gasteiger partial charge on any atom is 0.268 e. The van der Waals surface area contributed by atoms with Crippen LogP contribution in [-0.4, -0.2) is 22.3 Å². The molecule has 2 rings (SSSR count). The molecule has 6 nitrogen and oxygen atoms in total. The first kappa shape index (κ1) is 17.5. The van der Waals surface area contributed by atoms with Crippen LogP contribution >= 0.6 is 0 Å². The van der Waals surface area contributed by atoms with Crippen LogP contribution < -0.4 is 16.1 Å². The first-order chi connectivity index (χ1) is 11.2. The predicted molar refractivity (Wildman–Crippen MR) is 91.9 cm³/mol. The van der Waals surface area contributed by atoms with Gasteiger partial charge in [0.25, 0.3) is 11.8 Å². The summed E-state index contributed by atoms with van der Waals surface area (Å²) < 4.78 is 0. The zero-order valence-corrected chi connectivity index (χ0v) is 14.0. The smallest absolute Gasteiger partial charge is 0.268 e. The number of aromatic amines is 1. The maximum absolute atomic E-state index is 12.2. The quantitative estimate of drug-likeness (QED) is 0.800. The normalized spacial score (nSPS) is 11.0. The first-order valence-corrected chi connectivity index (χ1v) is 7.63. The molecule has 1 aromatic heterocycles. The van der Waals surface area contributed by atoms with Gasteiger partial charge in [0.15, 0.2) is 5.43 Å². The minimum atomic E-state index is -0.378. The van der Waals surface area contributed by atoms with E-state index in [9.17, 15) is 14.4 Å². The van der Waals surface area contributed by atoms with E-state index in [2.05, 4.69) is 15.6 Å². The number of pyridine rings is 1. The molecule has 1 aromatic carbocycles. The highest BCUT2D eigenvalue weighted by molar-refractivity contribution is 5.95. The molecule has 2 aromatic rings. The Labute approximate surface area is 140 Å². The zero-order chi connectivity index (χ0) is 17.7. The Bertz CT molecular complexity index is 803. The van der Waals surface area contributed by atoms with E-state index in [0.717, 1.165) is 5.56 Å². The fraction of sp³-hybridized carbons (Fsp3) is 0.278. The van der Waals surface area contributed by atoms with Crippen molar-refractivity contribution < 1.29 is 9.59 Å². The van der Waals surface area contributed by atoms with Crippen LogP contribution in [0.25, 0.3) is 0 Å². The van der Waals surface area contributed by atoms with Crippen molar-refractivity contribution in [1.82, 2.24) is 15.6 Å². The summed E-state index contributed by atoms with van der Waals surface area (Å²) in [4.78, 5) is 38.2. The fourth-order valence-electron chi connectivity index (χ4n) is 2.09. The van der Waals surface area contributed by atoms with E-state index >= 15 is 0 Å². The molecule has 0 aliphatic rings. The van der Waals surface area contributed by atoms with Gasteiger partial charge in [-0.3, -0.25) is 14.4 Å². The Balaban J connectivity index is 2.03. The van der Waals surface area contributed by atoms with E-state index in [1.54, 1.807) is 18.2 Å². The Morgan fingerprint density at radius 1 is 1.08 bits per heavy atom. The number of amides is 2. The van der Waals surface area contributed by atoms with Gasteiger partial charge in [-0.2, -0.15) is 0 Å². The largest absolute Gasteiger partial charge is 0.357 e. The summed E-state index contributed by atoms with van der Waals surface area (Å²) >= 11 is 0. The lowest BCUT2D eigenvalue weighted by Crippen LogP contribution is -2.40. The third-order valence-electron chi connectivity index (χ3n) is 3.15. The molecule has 24 heavy (non-hydrogen) atoms. The van der Waals surface area contributed by atoms with Crippen LogP contribution in [0.3, 0.4) is 0 Å². The van der Waals surface area contributed by atoms with Crippen molar-refractivity contribution in [3.63, 3.8) is 0 Å². The lowest BCUT2D eigenvalue weighted by Gasteiger charge is -2.20. The number of aromatic nitrogens is 1. The van der Waals surface area contributed by atoms with Gasteiger partial charge in [-0.05, 0) is 38.5 Å². The van der Waals surface area contributed by atoms with Crippen molar-refractivity contribution in [1.29, 1.82) is 0 Å². The molecular formula is C18H21N3O3. The summed E-state index contributed by atoms with van der Waals surface area (Å²) in [6.07, 6.45) is 1.43. The molecule has 6 heteroatoms. The molecule has 0 unspecified atom stereocenters. The second-order valence-electron chi connectivity index (χ2n) is 6.53. The number of hydrogen-bond acceptors (Lipinski definition) is 3. The number of rotatable bonds is 4. The number of H-pyrrole nitrogens is 1. The molecule has 0 aliphatic heterocycles. The molecule has 0 spiro atoms. The minimum Gasteiger partial charge on any atom is -0.357 e. The number of nitrogens with one attached hydrogen (secondary N) is 3. The van der Waals surface area contributed by atoms with Gasteiger partial charge in [-0.15, -0.1) is 0 Å². The highest BCUT2D eigenvalue weighted by atomic mass is 16.2. The molecule has 126 valence electrons. The van der Waals surface area contributed by atoms with E-state index in [-0.39, 0.29) is 35.0 Å². The van der Waals surface area contributed by atoms with Crippen molar-refractivity contribution >= 4 is 11.8 Å². The monoisotopic (exact) mass is 327 g/mol. The van der Waals surface area contributed by atoms with Crippen molar-refractivity contribution in [3.05, 3.63) is 69.6 Å². The summed E-state index contributed by atoms with van der Waals surface area (Å²) in [6.45, 7) is 5.99. The van der Waals surface area contributed by atoms with Gasteiger partial charge in [0.2, 0.25) is 0 Å². The van der Waals surface area contributed by atoms with Gasteiger partial charge in [-0.25, -0.2) is 0 Å². The minimum absolute atomic E-state index is 0.164. The zero-order valence-electron chi connectivity index (χ0n) is 14.0. The van der Waals surface area contributed by atoms with E-state index < -0.39 is 0 Å². The molecule has 1 heterocycles. The van der Waals surface area contributed by atoms with Crippen LogP contribution in [0.1, 0.15) is 47.2 Å². The van der Waals surface area contributed by atoms with Crippen molar-refractivity contribution in [2.45, 2.75) is 32.9 Å². The molecule has 0 atom stereocenters. The Hall–Kier alpha value is -2.89. The van der Waals surface area contributed by atoms with Crippen LogP contribution in [-0.2, 0) is 6.54 Å². The highest BCUT2D eigenvalue weighted by Gasteiger charge is 2.15. The molecule has 0 saturated carbocycles. The summed E-state index contributed by atoms with van der Waals surface area (Å²) in [6, 6.07) is 9.62. The van der Waals surface area contributed by atoms with Gasteiger partial charge in [0.05, 0.1) is 0 Å². The summed E-state index contributed by atoms with van der Waals surface area (Å²) in [5.41, 5.74) is 0.970. The lowest BCUT2D eigenvalue weighted by molar-refractivity contribution is 0.0918. The summed E-state index contributed by atoms with van der Waals surface area (Å²) in [5, 5.41) is 5.61. The van der Waals surface area contributed by atoms with Crippen molar-refractivity contribution in [2.24, 2.45) is 0 Å². The second kappa shape index (κ2) is 7.12. The number of hydrogen-bond donors (Lipinski definition) is 3. The van der Waals surface area contributed by atoms with Crippen LogP contribution in [0.15, 0.2) is 47.4 Å². The van der Waals surface area contributed by atoms with E-state index in [4.69, 9.17) is 0 Å². The Kier molecular flexibility index (Phi) is 5.18. The highest BCUT2D eigenvalue weighted by Crippen LogP contribution is 2.08. The molecular weight excluding hydrogens is 306 g/mol. The van der Waals surface area contributed by atoms with Gasteiger partial charge >= 0.3 is 0 Å². The van der Waals surface area contributed by atoms with Gasteiger partial charge in [-0.1, -0.05) is 12.1 Å². The maximum atomic E-state index is 12.2. The third kappa shape index (κ3) is 5.08. The SMILES string of the molecule is CC(C)(C)NC(=O)c1cccc(CNC(=O)c2cc(=O)cc[nH]2)c1. The van der Waals surface area contributed by atoms with Crippen LogP contribution in [0.5, 0.6) is 0 Å². The van der Waals surface area contributed by atoms with Gasteiger partial charge in [0.1, 0.15) is 5.69 Å². The standard InChI is InChI=1S/C18H21N3O3/c1-18(2,3)21-16(23)13-6-4-5-12(9-13)11-20-17(24)15-10-14(22)7-8-19-15/h4-10H,11H2,1-3H3,(H,19,22)(H,20,24)(H,21,23). The predicted octanol–water partition coefficient (Wildman–Crippen LogP) is 1.83. The van der Waals surface area contributed by atoms with Crippen molar-refractivity contribution in [3.8, 4) is 0 Å². The average Bonchev–Trinajstić information content (AvgIpc) is 2.51. The van der Waals surface area contributed by atoms with E-state index in [1.807, 2.05) is 26.8 Å². The fourth-order valence-corrected chi connectivity index (χ4v) is 2.09. The number of benzene rings is 1. The first-order valence-electron chi connectivity index (χ1n) is 7.63. The Morgan fingerprint density at radius 3 is 2.50 bits per heavy atom. The van der Waals surface area contributed by atoms with Crippen LogP contribution in [0, 0.1) is 0 Å². The second-order valence-corrected chi connectivity index (χ2v) is 6.53. The van der Waals surface area contributed by atoms with E-state index in [1.165, 1.54) is 18.3 Å². The van der Waals surface area contributed by atoms with Gasteiger partial charge < -0.3 is 15.6 Å². The molecule has 0 saturated heterocycles. The van der Waals surface area contributed by atoms with Crippen molar-refractivity contribution in [2.75, 3.05) is 0 Å². The molecule has 2 amide bonds.